The molecule has 2 unspecified atom stereocenters. The zero-order valence-electron chi connectivity index (χ0n) is 12.4. The summed E-state index contributed by atoms with van der Waals surface area (Å²) in [7, 11) is 0. The molecule has 1 fully saturated rings. The van der Waals surface area contributed by atoms with Crippen molar-refractivity contribution in [3.8, 4) is 0 Å². The highest BCUT2D eigenvalue weighted by molar-refractivity contribution is 6.30. The van der Waals surface area contributed by atoms with Crippen LogP contribution in [0.15, 0.2) is 18.2 Å². The summed E-state index contributed by atoms with van der Waals surface area (Å²) in [4.78, 5) is 0. The van der Waals surface area contributed by atoms with Gasteiger partial charge in [0.25, 0.3) is 0 Å². The summed E-state index contributed by atoms with van der Waals surface area (Å²) in [5.74, 6) is -0.372. The lowest BCUT2D eigenvalue weighted by molar-refractivity contribution is 0.0165. The van der Waals surface area contributed by atoms with Gasteiger partial charge in [-0.2, -0.15) is 0 Å². The summed E-state index contributed by atoms with van der Waals surface area (Å²) in [5, 5.41) is 3.51. The van der Waals surface area contributed by atoms with E-state index in [1.165, 1.54) is 6.07 Å². The third-order valence-electron chi connectivity index (χ3n) is 3.69. The molecule has 0 saturated carbocycles. The lowest BCUT2D eigenvalue weighted by Gasteiger charge is -2.15. The molecule has 5 heteroatoms. The van der Waals surface area contributed by atoms with Crippen LogP contribution in [0.25, 0.3) is 0 Å². The van der Waals surface area contributed by atoms with E-state index in [0.29, 0.717) is 13.2 Å². The van der Waals surface area contributed by atoms with Crippen molar-refractivity contribution in [2.24, 2.45) is 0 Å². The molecule has 1 heterocycles. The molecule has 2 rings (SSSR count). The van der Waals surface area contributed by atoms with Crippen LogP contribution in [0.3, 0.4) is 0 Å². The van der Waals surface area contributed by atoms with Gasteiger partial charge in [0, 0.05) is 19.3 Å². The second kappa shape index (κ2) is 8.69. The molecule has 1 aromatic carbocycles. The number of ether oxygens (including phenoxy) is 2. The fourth-order valence-electron chi connectivity index (χ4n) is 2.38. The average Bonchev–Trinajstić information content (AvgIpc) is 2.98. The van der Waals surface area contributed by atoms with Crippen LogP contribution in [0.1, 0.15) is 37.8 Å². The minimum absolute atomic E-state index is 0.0925. The number of rotatable bonds is 8. The molecule has 0 aliphatic carbocycles. The molecule has 0 spiro atoms. The molecule has 1 aromatic rings. The van der Waals surface area contributed by atoms with Gasteiger partial charge in [0.15, 0.2) is 0 Å². The third-order valence-corrected chi connectivity index (χ3v) is 3.99. The first-order valence-corrected chi connectivity index (χ1v) is 7.92. The number of halogens is 2. The molecule has 0 aromatic heterocycles. The van der Waals surface area contributed by atoms with Gasteiger partial charge in [0.05, 0.1) is 17.7 Å². The monoisotopic (exact) mass is 315 g/mol. The van der Waals surface area contributed by atoms with Crippen LogP contribution in [-0.2, 0) is 9.47 Å². The van der Waals surface area contributed by atoms with Gasteiger partial charge in [-0.1, -0.05) is 17.7 Å². The lowest BCUT2D eigenvalue weighted by atomic mass is 10.1. The Balaban J connectivity index is 1.58. The van der Waals surface area contributed by atoms with Gasteiger partial charge >= 0.3 is 0 Å². The van der Waals surface area contributed by atoms with E-state index >= 15 is 0 Å². The molecule has 3 nitrogen and oxygen atoms in total. The van der Waals surface area contributed by atoms with E-state index in [2.05, 4.69) is 5.32 Å². The molecule has 1 aliphatic heterocycles. The third kappa shape index (κ3) is 5.55. The topological polar surface area (TPSA) is 30.5 Å². The Morgan fingerprint density at radius 1 is 1.52 bits per heavy atom. The van der Waals surface area contributed by atoms with Crippen LogP contribution in [0, 0.1) is 5.82 Å². The smallest absolute Gasteiger partial charge is 0.142 e. The fourth-order valence-corrected chi connectivity index (χ4v) is 2.50. The molecule has 118 valence electrons. The van der Waals surface area contributed by atoms with Gasteiger partial charge in [-0.25, -0.2) is 4.39 Å². The maximum atomic E-state index is 13.4. The van der Waals surface area contributed by atoms with Gasteiger partial charge in [0.2, 0.25) is 0 Å². The first-order chi connectivity index (χ1) is 10.2. The van der Waals surface area contributed by atoms with Gasteiger partial charge < -0.3 is 14.8 Å². The molecule has 1 saturated heterocycles. The Kier molecular flexibility index (Phi) is 6.90. The van der Waals surface area contributed by atoms with E-state index in [1.54, 1.807) is 6.07 Å². The van der Waals surface area contributed by atoms with Crippen molar-refractivity contribution in [1.82, 2.24) is 5.32 Å². The predicted molar refractivity (Wildman–Crippen MR) is 82.2 cm³/mol. The van der Waals surface area contributed by atoms with Crippen LogP contribution < -0.4 is 5.32 Å². The predicted octanol–water partition coefficient (Wildman–Crippen LogP) is 3.72. The molecular weight excluding hydrogens is 293 g/mol. The molecule has 0 amide bonds. The van der Waals surface area contributed by atoms with Crippen molar-refractivity contribution in [3.05, 3.63) is 34.6 Å². The number of hydrogen-bond donors (Lipinski definition) is 1. The molecule has 1 N–H and O–H groups in total. The summed E-state index contributed by atoms with van der Waals surface area (Å²) in [6.45, 7) is 5.12. The highest BCUT2D eigenvalue weighted by atomic mass is 35.5. The van der Waals surface area contributed by atoms with Crippen molar-refractivity contribution >= 4 is 11.6 Å². The molecule has 21 heavy (non-hydrogen) atoms. The van der Waals surface area contributed by atoms with Crippen molar-refractivity contribution < 1.29 is 13.9 Å². The Bertz CT molecular complexity index is 438. The van der Waals surface area contributed by atoms with Crippen molar-refractivity contribution in [2.45, 2.75) is 38.3 Å². The van der Waals surface area contributed by atoms with Crippen molar-refractivity contribution in [2.75, 3.05) is 26.4 Å². The van der Waals surface area contributed by atoms with Crippen LogP contribution in [0.2, 0.25) is 5.02 Å². The summed E-state index contributed by atoms with van der Waals surface area (Å²) in [5.41, 5.74) is 0.900. The van der Waals surface area contributed by atoms with Gasteiger partial charge in [-0.15, -0.1) is 0 Å². The normalized spacial score (nSPS) is 19.9. The largest absolute Gasteiger partial charge is 0.379 e. The highest BCUT2D eigenvalue weighted by Crippen LogP contribution is 2.20. The average molecular weight is 316 g/mol. The number of hydrogen-bond acceptors (Lipinski definition) is 3. The van der Waals surface area contributed by atoms with E-state index in [9.17, 15) is 4.39 Å². The van der Waals surface area contributed by atoms with E-state index in [-0.39, 0.29) is 23.0 Å². The molecule has 0 bridgehead atoms. The summed E-state index contributed by atoms with van der Waals surface area (Å²) < 4.78 is 24.5. The number of nitrogens with one attached hydrogen (secondary N) is 1. The summed E-state index contributed by atoms with van der Waals surface area (Å²) in [6, 6.07) is 5.01. The zero-order chi connectivity index (χ0) is 15.1. The Hall–Kier alpha value is -0.680. The first-order valence-electron chi connectivity index (χ1n) is 7.54. The maximum Gasteiger partial charge on any atom is 0.142 e. The van der Waals surface area contributed by atoms with Crippen LogP contribution in [-0.4, -0.2) is 32.5 Å². The second-order valence-electron chi connectivity index (χ2n) is 5.41. The van der Waals surface area contributed by atoms with Crippen LogP contribution in [0.5, 0.6) is 0 Å². The van der Waals surface area contributed by atoms with E-state index in [4.69, 9.17) is 21.1 Å². The van der Waals surface area contributed by atoms with Gasteiger partial charge in [-0.3, -0.25) is 0 Å². The van der Waals surface area contributed by atoms with Crippen molar-refractivity contribution in [1.29, 1.82) is 0 Å². The first kappa shape index (κ1) is 16.7. The van der Waals surface area contributed by atoms with E-state index < -0.39 is 0 Å². The minimum atomic E-state index is -0.372. The fraction of sp³-hybridized carbons (Fsp3) is 0.625. The highest BCUT2D eigenvalue weighted by Gasteiger charge is 2.15. The van der Waals surface area contributed by atoms with Crippen LogP contribution in [0.4, 0.5) is 4.39 Å². The Labute approximate surface area is 130 Å². The number of benzene rings is 1. The van der Waals surface area contributed by atoms with E-state index in [1.807, 2.05) is 13.0 Å². The molecule has 2 atom stereocenters. The van der Waals surface area contributed by atoms with E-state index in [0.717, 1.165) is 38.0 Å². The molecule has 1 aliphatic rings. The molecule has 0 radical (unpaired) electrons. The standard InChI is InChI=1S/C16H23ClFNO2/c1-12(13-5-6-15(17)16(18)10-13)19-7-3-8-20-11-14-4-2-9-21-14/h5-6,10,12,14,19H,2-4,7-9,11H2,1H3. The summed E-state index contributed by atoms with van der Waals surface area (Å²) in [6.07, 6.45) is 3.46. The van der Waals surface area contributed by atoms with Gasteiger partial charge in [0.1, 0.15) is 5.82 Å². The quantitative estimate of drug-likeness (QED) is 0.742. The summed E-state index contributed by atoms with van der Waals surface area (Å²) >= 11 is 5.68. The minimum Gasteiger partial charge on any atom is -0.379 e. The van der Waals surface area contributed by atoms with Gasteiger partial charge in [-0.05, 0) is 50.4 Å². The molecular formula is C16H23ClFNO2. The van der Waals surface area contributed by atoms with Crippen LogP contribution >= 0.6 is 11.6 Å². The lowest BCUT2D eigenvalue weighted by Crippen LogP contribution is -2.22. The Morgan fingerprint density at radius 3 is 3.10 bits per heavy atom. The second-order valence-corrected chi connectivity index (χ2v) is 5.82. The SMILES string of the molecule is CC(NCCCOCC1CCCO1)c1ccc(Cl)c(F)c1. The maximum absolute atomic E-state index is 13.4. The Morgan fingerprint density at radius 2 is 2.38 bits per heavy atom. The zero-order valence-corrected chi connectivity index (χ0v) is 13.2. The van der Waals surface area contributed by atoms with Crippen molar-refractivity contribution in [3.63, 3.8) is 0 Å².